The van der Waals surface area contributed by atoms with Crippen LogP contribution in [0.3, 0.4) is 0 Å². The molecule has 0 atom stereocenters. The molecule has 0 radical (unpaired) electrons. The lowest BCUT2D eigenvalue weighted by Crippen LogP contribution is -2.45. The SMILES string of the molecule is CN1CCN(CCc2ccnc(N3CCN(C)CC3)n2)CC1.Cl.Cl.Cl.Cl. The molecule has 0 unspecified atom stereocenters. The number of hydrogen-bond donors (Lipinski definition) is 0. The molecule has 0 saturated carbocycles. The van der Waals surface area contributed by atoms with E-state index in [1.807, 2.05) is 6.20 Å². The lowest BCUT2D eigenvalue weighted by molar-refractivity contribution is 0.155. The van der Waals surface area contributed by atoms with Gasteiger partial charge in [-0.3, -0.25) is 0 Å². The first-order valence-corrected chi connectivity index (χ1v) is 8.37. The molecule has 0 aliphatic carbocycles. The molecule has 3 rings (SSSR count). The van der Waals surface area contributed by atoms with E-state index >= 15 is 0 Å². The Bertz CT molecular complexity index is 480. The summed E-state index contributed by atoms with van der Waals surface area (Å²) in [5.41, 5.74) is 1.17. The summed E-state index contributed by atoms with van der Waals surface area (Å²) < 4.78 is 0. The Morgan fingerprint density at radius 3 is 1.92 bits per heavy atom. The van der Waals surface area contributed by atoms with Gasteiger partial charge in [0, 0.05) is 77.2 Å². The van der Waals surface area contributed by atoms with Crippen molar-refractivity contribution in [1.29, 1.82) is 0 Å². The normalized spacial score (nSPS) is 18.8. The van der Waals surface area contributed by atoms with Crippen LogP contribution in [0.5, 0.6) is 0 Å². The average molecular weight is 450 g/mol. The molecule has 2 saturated heterocycles. The monoisotopic (exact) mass is 448 g/mol. The number of hydrogen-bond acceptors (Lipinski definition) is 6. The van der Waals surface area contributed by atoms with E-state index in [0.717, 1.165) is 45.1 Å². The molecule has 6 nitrogen and oxygen atoms in total. The van der Waals surface area contributed by atoms with Crippen LogP contribution in [0.2, 0.25) is 0 Å². The maximum absolute atomic E-state index is 4.78. The van der Waals surface area contributed by atoms with E-state index in [1.54, 1.807) is 0 Å². The van der Waals surface area contributed by atoms with Gasteiger partial charge in [0.2, 0.25) is 5.95 Å². The van der Waals surface area contributed by atoms with Gasteiger partial charge in [-0.1, -0.05) is 0 Å². The largest absolute Gasteiger partial charge is 0.338 e. The van der Waals surface area contributed by atoms with E-state index in [1.165, 1.54) is 31.9 Å². The van der Waals surface area contributed by atoms with Gasteiger partial charge in [0.1, 0.15) is 0 Å². The fourth-order valence-corrected chi connectivity index (χ4v) is 3.03. The quantitative estimate of drug-likeness (QED) is 0.696. The van der Waals surface area contributed by atoms with Crippen molar-refractivity contribution in [2.24, 2.45) is 0 Å². The molecular weight excluding hydrogens is 418 g/mol. The minimum Gasteiger partial charge on any atom is -0.338 e. The number of aromatic nitrogens is 2. The molecule has 154 valence electrons. The minimum absolute atomic E-state index is 0. The van der Waals surface area contributed by atoms with E-state index in [4.69, 9.17) is 4.98 Å². The maximum Gasteiger partial charge on any atom is 0.225 e. The van der Waals surface area contributed by atoms with Crippen LogP contribution in [-0.4, -0.2) is 97.7 Å². The molecule has 2 aliphatic rings. The zero-order valence-electron chi connectivity index (χ0n) is 15.5. The van der Waals surface area contributed by atoms with Crippen molar-refractivity contribution in [1.82, 2.24) is 24.7 Å². The van der Waals surface area contributed by atoms with Crippen LogP contribution in [0.1, 0.15) is 5.69 Å². The Morgan fingerprint density at radius 1 is 0.808 bits per heavy atom. The summed E-state index contributed by atoms with van der Waals surface area (Å²) in [6, 6.07) is 2.07. The predicted molar refractivity (Wildman–Crippen MR) is 118 cm³/mol. The summed E-state index contributed by atoms with van der Waals surface area (Å²) in [5, 5.41) is 0. The average Bonchev–Trinajstić information content (AvgIpc) is 2.55. The Kier molecular flexibility index (Phi) is 15.1. The number of nitrogens with zero attached hydrogens (tertiary/aromatic N) is 6. The van der Waals surface area contributed by atoms with Gasteiger partial charge in [-0.25, -0.2) is 9.97 Å². The third-order valence-corrected chi connectivity index (χ3v) is 4.77. The summed E-state index contributed by atoms with van der Waals surface area (Å²) in [5.74, 6) is 0.906. The topological polar surface area (TPSA) is 38.7 Å². The van der Waals surface area contributed by atoms with Gasteiger partial charge in [0.25, 0.3) is 0 Å². The van der Waals surface area contributed by atoms with Gasteiger partial charge >= 0.3 is 0 Å². The van der Waals surface area contributed by atoms with Crippen molar-refractivity contribution >= 4 is 55.6 Å². The summed E-state index contributed by atoms with van der Waals surface area (Å²) in [6.45, 7) is 10.0. The predicted octanol–water partition coefficient (Wildman–Crippen LogP) is 1.71. The van der Waals surface area contributed by atoms with Gasteiger partial charge in [0.15, 0.2) is 0 Å². The Morgan fingerprint density at radius 2 is 1.35 bits per heavy atom. The molecule has 2 aliphatic heterocycles. The van der Waals surface area contributed by atoms with Crippen molar-refractivity contribution in [2.75, 3.05) is 77.9 Å². The smallest absolute Gasteiger partial charge is 0.225 e. The van der Waals surface area contributed by atoms with E-state index in [9.17, 15) is 0 Å². The zero-order chi connectivity index (χ0) is 15.4. The fourth-order valence-electron chi connectivity index (χ4n) is 3.03. The molecule has 0 spiro atoms. The highest BCUT2D eigenvalue weighted by atomic mass is 35.5. The highest BCUT2D eigenvalue weighted by Crippen LogP contribution is 2.11. The van der Waals surface area contributed by atoms with Crippen LogP contribution in [0.15, 0.2) is 12.3 Å². The van der Waals surface area contributed by atoms with E-state index in [0.29, 0.717) is 0 Å². The third-order valence-electron chi connectivity index (χ3n) is 4.77. The number of rotatable bonds is 4. The first-order valence-electron chi connectivity index (χ1n) is 8.37. The Balaban J connectivity index is 0. The summed E-state index contributed by atoms with van der Waals surface area (Å²) in [6.07, 6.45) is 2.94. The lowest BCUT2D eigenvalue weighted by atomic mass is 10.2. The Labute approximate surface area is 182 Å². The number of piperazine rings is 2. The van der Waals surface area contributed by atoms with Crippen molar-refractivity contribution in [3.63, 3.8) is 0 Å². The zero-order valence-corrected chi connectivity index (χ0v) is 18.8. The van der Waals surface area contributed by atoms with E-state index in [2.05, 4.69) is 44.7 Å². The third kappa shape index (κ3) is 8.30. The van der Waals surface area contributed by atoms with Crippen molar-refractivity contribution in [3.05, 3.63) is 18.0 Å². The van der Waals surface area contributed by atoms with E-state index in [-0.39, 0.29) is 49.6 Å². The maximum atomic E-state index is 4.78. The van der Waals surface area contributed by atoms with E-state index < -0.39 is 0 Å². The molecule has 2 fully saturated rings. The van der Waals surface area contributed by atoms with Crippen LogP contribution >= 0.6 is 49.6 Å². The minimum atomic E-state index is 0. The van der Waals surface area contributed by atoms with Crippen molar-refractivity contribution in [2.45, 2.75) is 6.42 Å². The lowest BCUT2D eigenvalue weighted by Gasteiger charge is -2.33. The first-order chi connectivity index (χ1) is 10.7. The summed E-state index contributed by atoms with van der Waals surface area (Å²) >= 11 is 0. The van der Waals surface area contributed by atoms with Crippen molar-refractivity contribution in [3.8, 4) is 0 Å². The van der Waals surface area contributed by atoms with Crippen molar-refractivity contribution < 1.29 is 0 Å². The molecule has 3 heterocycles. The molecule has 1 aromatic heterocycles. The summed E-state index contributed by atoms with van der Waals surface area (Å²) in [7, 11) is 4.37. The van der Waals surface area contributed by atoms with Crippen LogP contribution < -0.4 is 4.90 Å². The van der Waals surface area contributed by atoms with Gasteiger partial charge in [0.05, 0.1) is 0 Å². The molecular formula is C16H32Cl4N6. The van der Waals surface area contributed by atoms with Crippen LogP contribution in [-0.2, 0) is 6.42 Å². The molecule has 0 N–H and O–H groups in total. The second kappa shape index (κ2) is 14.0. The highest BCUT2D eigenvalue weighted by Gasteiger charge is 2.17. The standard InChI is InChI=1S/C16H28N6.4ClH/c1-19-7-11-21(12-8-19)6-4-15-3-5-17-16(18-15)22-13-9-20(2)10-14-22;;;;/h3,5H,4,6-14H2,1-2H3;4*1H. The van der Waals surface area contributed by atoms with Gasteiger partial charge in [-0.2, -0.15) is 0 Å². The van der Waals surface area contributed by atoms with Crippen LogP contribution in [0.25, 0.3) is 0 Å². The van der Waals surface area contributed by atoms with Gasteiger partial charge in [-0.05, 0) is 20.2 Å². The molecule has 0 aromatic carbocycles. The molecule has 26 heavy (non-hydrogen) atoms. The van der Waals surface area contributed by atoms with Crippen LogP contribution in [0.4, 0.5) is 5.95 Å². The highest BCUT2D eigenvalue weighted by molar-refractivity contribution is 5.86. The molecule has 1 aromatic rings. The number of likely N-dealkylation sites (N-methyl/N-ethyl adjacent to an activating group) is 2. The summed E-state index contributed by atoms with van der Waals surface area (Å²) in [4.78, 5) is 18.8. The molecule has 0 bridgehead atoms. The number of anilines is 1. The Hall–Kier alpha value is -0.0800. The molecule has 0 amide bonds. The fraction of sp³-hybridized carbons (Fsp3) is 0.750. The number of halogens is 4. The molecule has 10 heteroatoms. The second-order valence-electron chi connectivity index (χ2n) is 6.53. The second-order valence-corrected chi connectivity index (χ2v) is 6.53. The first kappa shape index (κ1) is 28.1. The van der Waals surface area contributed by atoms with Gasteiger partial charge in [-0.15, -0.1) is 49.6 Å². The van der Waals surface area contributed by atoms with Crippen LogP contribution in [0, 0.1) is 0 Å². The van der Waals surface area contributed by atoms with Gasteiger partial charge < -0.3 is 19.6 Å².